The van der Waals surface area contributed by atoms with E-state index in [0.717, 1.165) is 17.8 Å². The minimum Gasteiger partial charge on any atom is -0.496 e. The lowest BCUT2D eigenvalue weighted by Gasteiger charge is -2.12. The van der Waals surface area contributed by atoms with Crippen LogP contribution < -0.4 is 15.4 Å². The summed E-state index contributed by atoms with van der Waals surface area (Å²) in [5.41, 5.74) is 2.31. The molecule has 0 aliphatic rings. The van der Waals surface area contributed by atoms with Gasteiger partial charge in [0, 0.05) is 19.8 Å². The Bertz CT molecular complexity index is 776. The van der Waals surface area contributed by atoms with Crippen molar-refractivity contribution in [1.82, 2.24) is 20.4 Å². The Morgan fingerprint density at radius 1 is 1.26 bits per heavy atom. The van der Waals surface area contributed by atoms with Gasteiger partial charge in [0.15, 0.2) is 5.96 Å². The summed E-state index contributed by atoms with van der Waals surface area (Å²) >= 11 is 0. The maximum atomic E-state index is 11.9. The number of aryl methyl sites for hydroxylation is 1. The number of rotatable bonds is 7. The third kappa shape index (κ3) is 6.42. The second-order valence-corrected chi connectivity index (χ2v) is 5.52. The van der Waals surface area contributed by atoms with Gasteiger partial charge in [0.1, 0.15) is 11.3 Å². The van der Waals surface area contributed by atoms with Crippen LogP contribution in [0.15, 0.2) is 35.5 Å². The Morgan fingerprint density at radius 2 is 2.04 bits per heavy atom. The normalized spacial score (nSPS) is 10.7. The molecule has 0 bridgehead atoms. The topological polar surface area (TPSA) is 89.8 Å². The number of ether oxygens (including phenoxy) is 2. The summed E-state index contributed by atoms with van der Waals surface area (Å²) in [6.07, 6.45) is 1.76. The van der Waals surface area contributed by atoms with E-state index in [1.807, 2.05) is 30.8 Å². The summed E-state index contributed by atoms with van der Waals surface area (Å²) in [6.45, 7) is 3.77. The van der Waals surface area contributed by atoms with Gasteiger partial charge in [-0.05, 0) is 30.7 Å². The molecule has 8 nitrogen and oxygen atoms in total. The number of halogens is 1. The molecule has 2 aromatic rings. The first-order valence-electron chi connectivity index (χ1n) is 8.33. The minimum absolute atomic E-state index is 0. The number of esters is 1. The van der Waals surface area contributed by atoms with Crippen LogP contribution in [0.3, 0.4) is 0 Å². The highest BCUT2D eigenvalue weighted by molar-refractivity contribution is 14.0. The molecule has 27 heavy (non-hydrogen) atoms. The highest BCUT2D eigenvalue weighted by Gasteiger charge is 2.13. The van der Waals surface area contributed by atoms with Gasteiger partial charge in [-0.3, -0.25) is 4.68 Å². The predicted molar refractivity (Wildman–Crippen MR) is 115 cm³/mol. The fourth-order valence-corrected chi connectivity index (χ4v) is 2.38. The molecule has 148 valence electrons. The van der Waals surface area contributed by atoms with Crippen molar-refractivity contribution in [1.29, 1.82) is 0 Å². The zero-order chi connectivity index (χ0) is 18.9. The van der Waals surface area contributed by atoms with E-state index in [9.17, 15) is 4.79 Å². The van der Waals surface area contributed by atoms with Crippen LogP contribution in [0.4, 0.5) is 0 Å². The number of nitrogens with one attached hydrogen (secondary N) is 2. The third-order valence-corrected chi connectivity index (χ3v) is 3.79. The number of guanidine groups is 1. The molecule has 0 aliphatic carbocycles. The van der Waals surface area contributed by atoms with Gasteiger partial charge >= 0.3 is 5.97 Å². The predicted octanol–water partition coefficient (Wildman–Crippen LogP) is 2.09. The lowest BCUT2D eigenvalue weighted by Crippen LogP contribution is -2.37. The summed E-state index contributed by atoms with van der Waals surface area (Å²) in [7, 11) is 4.76. The maximum absolute atomic E-state index is 11.9. The average Bonchev–Trinajstić information content (AvgIpc) is 3.08. The second-order valence-electron chi connectivity index (χ2n) is 5.52. The number of hydrogen-bond donors (Lipinski definition) is 2. The smallest absolute Gasteiger partial charge is 0.341 e. The van der Waals surface area contributed by atoms with Crippen LogP contribution in [0.2, 0.25) is 0 Å². The fourth-order valence-electron chi connectivity index (χ4n) is 2.38. The number of methoxy groups -OCH3 is 2. The number of carbonyl (C=O) groups excluding carboxylic acids is 1. The second kappa shape index (κ2) is 11.4. The summed E-state index contributed by atoms with van der Waals surface area (Å²) in [6, 6.07) is 7.30. The summed E-state index contributed by atoms with van der Waals surface area (Å²) in [5.74, 6) is 0.726. The summed E-state index contributed by atoms with van der Waals surface area (Å²) in [4.78, 5) is 16.4. The SMILES string of the molecule is CCNC(=NCc1ccc(OC)c(C(=O)OC)c1)NCc1ccnn1C.I. The van der Waals surface area contributed by atoms with Crippen LogP contribution in [0.1, 0.15) is 28.5 Å². The monoisotopic (exact) mass is 487 g/mol. The molecule has 0 saturated heterocycles. The first-order chi connectivity index (χ1) is 12.6. The molecular weight excluding hydrogens is 461 g/mol. The molecule has 0 atom stereocenters. The number of aromatic nitrogens is 2. The number of hydrogen-bond acceptors (Lipinski definition) is 5. The van der Waals surface area contributed by atoms with Crippen LogP contribution in [0.25, 0.3) is 0 Å². The first kappa shape index (κ1) is 22.7. The molecule has 2 rings (SSSR count). The van der Waals surface area contributed by atoms with E-state index >= 15 is 0 Å². The van der Waals surface area contributed by atoms with Gasteiger partial charge in [0.25, 0.3) is 0 Å². The van der Waals surface area contributed by atoms with Gasteiger partial charge in [-0.25, -0.2) is 9.79 Å². The molecule has 0 amide bonds. The van der Waals surface area contributed by atoms with E-state index in [1.54, 1.807) is 18.3 Å². The summed E-state index contributed by atoms with van der Waals surface area (Å²) < 4.78 is 11.8. The van der Waals surface area contributed by atoms with Crippen molar-refractivity contribution >= 4 is 35.9 Å². The van der Waals surface area contributed by atoms with Crippen molar-refractivity contribution in [3.63, 3.8) is 0 Å². The summed E-state index contributed by atoms with van der Waals surface area (Å²) in [5, 5.41) is 10.6. The molecule has 2 N–H and O–H groups in total. The van der Waals surface area contributed by atoms with Crippen LogP contribution in [0.5, 0.6) is 5.75 Å². The van der Waals surface area contributed by atoms with Crippen molar-refractivity contribution in [2.75, 3.05) is 20.8 Å². The van der Waals surface area contributed by atoms with Gasteiger partial charge in [-0.15, -0.1) is 24.0 Å². The van der Waals surface area contributed by atoms with Gasteiger partial charge in [0.2, 0.25) is 0 Å². The molecule has 0 aliphatic heterocycles. The van der Waals surface area contributed by atoms with Gasteiger partial charge in [-0.1, -0.05) is 6.07 Å². The Morgan fingerprint density at radius 3 is 2.63 bits per heavy atom. The molecule has 0 unspecified atom stereocenters. The largest absolute Gasteiger partial charge is 0.496 e. The molecule has 9 heteroatoms. The lowest BCUT2D eigenvalue weighted by molar-refractivity contribution is 0.0597. The van der Waals surface area contributed by atoms with E-state index < -0.39 is 5.97 Å². The Kier molecular flexibility index (Phi) is 9.62. The maximum Gasteiger partial charge on any atom is 0.341 e. The molecule has 0 saturated carbocycles. The van der Waals surface area contributed by atoms with Crippen LogP contribution in [-0.4, -0.2) is 42.5 Å². The van der Waals surface area contributed by atoms with Crippen molar-refractivity contribution < 1.29 is 14.3 Å². The quantitative estimate of drug-likeness (QED) is 0.269. The van der Waals surface area contributed by atoms with Gasteiger partial charge in [0.05, 0.1) is 33.0 Å². The highest BCUT2D eigenvalue weighted by atomic mass is 127. The Labute approximate surface area is 176 Å². The molecule has 1 heterocycles. The van der Waals surface area contributed by atoms with Gasteiger partial charge in [-0.2, -0.15) is 5.10 Å². The van der Waals surface area contributed by atoms with E-state index in [4.69, 9.17) is 9.47 Å². The Hall–Kier alpha value is -2.30. The minimum atomic E-state index is -0.436. The van der Waals surface area contributed by atoms with Crippen molar-refractivity contribution in [3.05, 3.63) is 47.3 Å². The molecule has 0 fully saturated rings. The van der Waals surface area contributed by atoms with Crippen molar-refractivity contribution in [2.45, 2.75) is 20.0 Å². The van der Waals surface area contributed by atoms with Gasteiger partial charge < -0.3 is 20.1 Å². The number of carbonyl (C=O) groups is 1. The van der Waals surface area contributed by atoms with E-state index in [0.29, 0.717) is 30.4 Å². The van der Waals surface area contributed by atoms with Crippen molar-refractivity contribution in [3.8, 4) is 5.75 Å². The number of aliphatic imine (C=N–C) groups is 1. The van der Waals surface area contributed by atoms with Crippen LogP contribution >= 0.6 is 24.0 Å². The fraction of sp³-hybridized carbons (Fsp3) is 0.389. The zero-order valence-corrected chi connectivity index (χ0v) is 18.3. The number of nitrogens with zero attached hydrogens (tertiary/aromatic N) is 3. The molecule has 0 spiro atoms. The molecule has 0 radical (unpaired) electrons. The third-order valence-electron chi connectivity index (χ3n) is 3.79. The zero-order valence-electron chi connectivity index (χ0n) is 16.0. The first-order valence-corrected chi connectivity index (χ1v) is 8.33. The van der Waals surface area contributed by atoms with E-state index in [2.05, 4.69) is 20.7 Å². The molecule has 1 aromatic carbocycles. The van der Waals surface area contributed by atoms with Crippen LogP contribution in [-0.2, 0) is 24.9 Å². The van der Waals surface area contributed by atoms with E-state index in [-0.39, 0.29) is 24.0 Å². The van der Waals surface area contributed by atoms with E-state index in [1.165, 1.54) is 14.2 Å². The van der Waals surface area contributed by atoms with Crippen LogP contribution in [0, 0.1) is 0 Å². The number of benzene rings is 1. The highest BCUT2D eigenvalue weighted by Crippen LogP contribution is 2.21. The van der Waals surface area contributed by atoms with Crippen molar-refractivity contribution in [2.24, 2.45) is 12.0 Å². The average molecular weight is 487 g/mol. The molecule has 1 aromatic heterocycles. The standard InChI is InChI=1S/C18H25N5O3.HI/c1-5-19-18(21-12-14-8-9-22-23(14)2)20-11-13-6-7-16(25-3)15(10-13)17(24)26-4;/h6-10H,5,11-12H2,1-4H3,(H2,19,20,21);1H. The lowest BCUT2D eigenvalue weighted by atomic mass is 10.1. The molecular formula is C18H26IN5O3. The Balaban J connectivity index is 0.00000364.